The summed E-state index contributed by atoms with van der Waals surface area (Å²) < 4.78 is 0. The summed E-state index contributed by atoms with van der Waals surface area (Å²) in [5.41, 5.74) is 1.41. The van der Waals surface area contributed by atoms with Crippen LogP contribution >= 0.6 is 0 Å². The molecule has 0 spiro atoms. The first-order valence-corrected chi connectivity index (χ1v) is 6.24. The van der Waals surface area contributed by atoms with Crippen LogP contribution in [0, 0.1) is 19.3 Å². The Kier molecular flexibility index (Phi) is 3.33. The van der Waals surface area contributed by atoms with Crippen molar-refractivity contribution in [3.05, 3.63) is 17.6 Å². The van der Waals surface area contributed by atoms with Gasteiger partial charge in [0.05, 0.1) is 0 Å². The molecule has 0 radical (unpaired) electrons. The average molecular weight is 234 g/mol. The van der Waals surface area contributed by atoms with Gasteiger partial charge in [0.15, 0.2) is 0 Å². The van der Waals surface area contributed by atoms with E-state index in [1.54, 1.807) is 0 Å². The molecule has 1 unspecified atom stereocenters. The van der Waals surface area contributed by atoms with Gasteiger partial charge in [-0.1, -0.05) is 6.92 Å². The number of hydrogen-bond acceptors (Lipinski definition) is 4. The molecule has 17 heavy (non-hydrogen) atoms. The molecule has 1 saturated heterocycles. The van der Waals surface area contributed by atoms with Gasteiger partial charge in [-0.25, -0.2) is 9.97 Å². The third-order valence-corrected chi connectivity index (χ3v) is 3.44. The highest BCUT2D eigenvalue weighted by Gasteiger charge is 2.33. The van der Waals surface area contributed by atoms with Gasteiger partial charge in [-0.2, -0.15) is 0 Å². The molecular formula is C13H22N4. The molecular weight excluding hydrogens is 212 g/mol. The van der Waals surface area contributed by atoms with Crippen LogP contribution in [0.3, 0.4) is 0 Å². The van der Waals surface area contributed by atoms with Crippen LogP contribution in [0.1, 0.15) is 24.9 Å². The van der Waals surface area contributed by atoms with Gasteiger partial charge < -0.3 is 10.2 Å². The molecule has 0 aliphatic carbocycles. The number of aryl methyl sites for hydroxylation is 2. The van der Waals surface area contributed by atoms with Crippen LogP contribution in [0.15, 0.2) is 6.07 Å². The molecule has 4 nitrogen and oxygen atoms in total. The van der Waals surface area contributed by atoms with Crippen molar-refractivity contribution in [2.75, 3.05) is 31.6 Å². The SMILES string of the molecule is CNCC1(C)CCN(c2cc(C)nc(C)n2)C1. The maximum atomic E-state index is 4.54. The first-order chi connectivity index (χ1) is 8.02. The number of anilines is 1. The highest BCUT2D eigenvalue weighted by molar-refractivity contribution is 5.41. The molecule has 94 valence electrons. The molecule has 4 heteroatoms. The first-order valence-electron chi connectivity index (χ1n) is 6.24. The first kappa shape index (κ1) is 12.3. The lowest BCUT2D eigenvalue weighted by Gasteiger charge is -2.24. The summed E-state index contributed by atoms with van der Waals surface area (Å²) in [6.45, 7) is 9.55. The average Bonchev–Trinajstić information content (AvgIpc) is 2.60. The Morgan fingerprint density at radius 3 is 2.82 bits per heavy atom. The van der Waals surface area contributed by atoms with E-state index < -0.39 is 0 Å². The molecule has 2 rings (SSSR count). The molecule has 1 atom stereocenters. The second kappa shape index (κ2) is 4.61. The minimum absolute atomic E-state index is 0.363. The smallest absolute Gasteiger partial charge is 0.132 e. The van der Waals surface area contributed by atoms with Crippen molar-refractivity contribution in [2.45, 2.75) is 27.2 Å². The van der Waals surface area contributed by atoms with Gasteiger partial charge in [-0.3, -0.25) is 0 Å². The largest absolute Gasteiger partial charge is 0.356 e. The van der Waals surface area contributed by atoms with Crippen molar-refractivity contribution in [1.29, 1.82) is 0 Å². The predicted molar refractivity (Wildman–Crippen MR) is 70.4 cm³/mol. The monoisotopic (exact) mass is 234 g/mol. The van der Waals surface area contributed by atoms with E-state index in [1.807, 2.05) is 20.9 Å². The molecule has 0 bridgehead atoms. The molecule has 0 amide bonds. The van der Waals surface area contributed by atoms with E-state index in [2.05, 4.69) is 33.2 Å². The summed E-state index contributed by atoms with van der Waals surface area (Å²) >= 11 is 0. The highest BCUT2D eigenvalue weighted by atomic mass is 15.2. The summed E-state index contributed by atoms with van der Waals surface area (Å²) in [6, 6.07) is 2.08. The van der Waals surface area contributed by atoms with Gasteiger partial charge in [0, 0.05) is 31.4 Å². The highest BCUT2D eigenvalue weighted by Crippen LogP contribution is 2.31. The second-order valence-corrected chi connectivity index (χ2v) is 5.43. The van der Waals surface area contributed by atoms with Crippen LogP contribution in [0.5, 0.6) is 0 Å². The van der Waals surface area contributed by atoms with E-state index in [1.165, 1.54) is 6.42 Å². The Hall–Kier alpha value is -1.16. The van der Waals surface area contributed by atoms with Gasteiger partial charge in [-0.15, -0.1) is 0 Å². The number of rotatable bonds is 3. The van der Waals surface area contributed by atoms with Gasteiger partial charge in [0.1, 0.15) is 11.6 Å². The van der Waals surface area contributed by atoms with Gasteiger partial charge >= 0.3 is 0 Å². The number of aromatic nitrogens is 2. The van der Waals surface area contributed by atoms with Crippen molar-refractivity contribution >= 4 is 5.82 Å². The van der Waals surface area contributed by atoms with E-state index >= 15 is 0 Å². The van der Waals surface area contributed by atoms with Crippen LogP contribution in [0.2, 0.25) is 0 Å². The zero-order valence-electron chi connectivity index (χ0n) is 11.2. The van der Waals surface area contributed by atoms with Crippen LogP contribution in [0.4, 0.5) is 5.82 Å². The van der Waals surface area contributed by atoms with Crippen LogP contribution in [-0.2, 0) is 0 Å². The summed E-state index contributed by atoms with van der Waals surface area (Å²) in [4.78, 5) is 11.2. The molecule has 1 aromatic rings. The standard InChI is InChI=1S/C13H22N4/c1-10-7-12(16-11(2)15-10)17-6-5-13(3,9-17)8-14-4/h7,14H,5-6,8-9H2,1-4H3. The van der Waals surface area contributed by atoms with Crippen molar-refractivity contribution in [3.63, 3.8) is 0 Å². The number of nitrogens with one attached hydrogen (secondary N) is 1. The maximum Gasteiger partial charge on any atom is 0.132 e. The van der Waals surface area contributed by atoms with E-state index in [0.717, 1.165) is 37.0 Å². The maximum absolute atomic E-state index is 4.54. The summed E-state index contributed by atoms with van der Waals surface area (Å²) in [6.07, 6.45) is 1.22. The van der Waals surface area contributed by atoms with Gasteiger partial charge in [0.2, 0.25) is 0 Å². The third-order valence-electron chi connectivity index (χ3n) is 3.44. The Balaban J connectivity index is 2.14. The molecule has 0 saturated carbocycles. The fourth-order valence-electron chi connectivity index (χ4n) is 2.65. The normalized spacial score (nSPS) is 24.4. The second-order valence-electron chi connectivity index (χ2n) is 5.43. The van der Waals surface area contributed by atoms with Gasteiger partial charge in [-0.05, 0) is 32.7 Å². The van der Waals surface area contributed by atoms with E-state index in [-0.39, 0.29) is 0 Å². The molecule has 2 heterocycles. The Morgan fingerprint density at radius 2 is 2.18 bits per heavy atom. The van der Waals surface area contributed by atoms with E-state index in [4.69, 9.17) is 0 Å². The lowest BCUT2D eigenvalue weighted by molar-refractivity contribution is 0.355. The zero-order valence-corrected chi connectivity index (χ0v) is 11.2. The molecule has 0 aromatic carbocycles. The van der Waals surface area contributed by atoms with E-state index in [9.17, 15) is 0 Å². The predicted octanol–water partition coefficient (Wildman–Crippen LogP) is 1.53. The summed E-state index contributed by atoms with van der Waals surface area (Å²) in [7, 11) is 2.02. The van der Waals surface area contributed by atoms with Crippen molar-refractivity contribution in [3.8, 4) is 0 Å². The van der Waals surface area contributed by atoms with Crippen LogP contribution in [0.25, 0.3) is 0 Å². The molecule has 1 fully saturated rings. The van der Waals surface area contributed by atoms with Crippen molar-refractivity contribution < 1.29 is 0 Å². The Labute approximate surface area is 103 Å². The Morgan fingerprint density at radius 1 is 1.41 bits per heavy atom. The number of hydrogen-bond donors (Lipinski definition) is 1. The molecule has 1 aromatic heterocycles. The minimum Gasteiger partial charge on any atom is -0.356 e. The zero-order chi connectivity index (χ0) is 12.5. The number of nitrogens with zero attached hydrogens (tertiary/aromatic N) is 3. The van der Waals surface area contributed by atoms with E-state index in [0.29, 0.717) is 5.41 Å². The minimum atomic E-state index is 0.363. The topological polar surface area (TPSA) is 41.0 Å². The summed E-state index contributed by atoms with van der Waals surface area (Å²) in [5, 5.41) is 3.29. The van der Waals surface area contributed by atoms with Crippen molar-refractivity contribution in [1.82, 2.24) is 15.3 Å². The van der Waals surface area contributed by atoms with Crippen LogP contribution < -0.4 is 10.2 Å². The lowest BCUT2D eigenvalue weighted by atomic mass is 9.90. The molecule has 1 aliphatic rings. The van der Waals surface area contributed by atoms with Crippen molar-refractivity contribution in [2.24, 2.45) is 5.41 Å². The fourth-order valence-corrected chi connectivity index (χ4v) is 2.65. The quantitative estimate of drug-likeness (QED) is 0.861. The Bertz CT molecular complexity index is 384. The lowest BCUT2D eigenvalue weighted by Crippen LogP contribution is -2.33. The van der Waals surface area contributed by atoms with Gasteiger partial charge in [0.25, 0.3) is 0 Å². The molecule has 1 aliphatic heterocycles. The molecule has 1 N–H and O–H groups in total. The fraction of sp³-hybridized carbons (Fsp3) is 0.692. The van der Waals surface area contributed by atoms with Crippen LogP contribution in [-0.4, -0.2) is 36.6 Å². The third kappa shape index (κ3) is 2.75. The summed E-state index contributed by atoms with van der Waals surface area (Å²) in [5.74, 6) is 1.94.